The number of carbonyl (C=O) groups is 1. The quantitative estimate of drug-likeness (QED) is 0.793. The highest BCUT2D eigenvalue weighted by Gasteiger charge is 2.35. The van der Waals surface area contributed by atoms with Crippen molar-refractivity contribution >= 4 is 17.7 Å². The molecule has 1 N–H and O–H groups in total. The van der Waals surface area contributed by atoms with Crippen LogP contribution in [0.15, 0.2) is 54.6 Å². The zero-order valence-corrected chi connectivity index (χ0v) is 14.7. The fourth-order valence-electron chi connectivity index (χ4n) is 3.60. The lowest BCUT2D eigenvalue weighted by Crippen LogP contribution is -2.25. The van der Waals surface area contributed by atoms with Crippen LogP contribution < -0.4 is 0 Å². The molecule has 1 aliphatic rings. The molecule has 0 bridgehead atoms. The zero-order chi connectivity index (χ0) is 16.8. The maximum absolute atomic E-state index is 10.7. The lowest BCUT2D eigenvalue weighted by Gasteiger charge is -2.29. The maximum Gasteiger partial charge on any atom is 0.307 e. The van der Waals surface area contributed by atoms with E-state index < -0.39 is 5.97 Å². The van der Waals surface area contributed by atoms with Gasteiger partial charge in [0.1, 0.15) is 0 Å². The Bertz CT molecular complexity index is 658. The first kappa shape index (κ1) is 17.1. The molecule has 3 rings (SSSR count). The highest BCUT2D eigenvalue weighted by molar-refractivity contribution is 7.99. The Balaban J connectivity index is 1.59. The highest BCUT2D eigenvalue weighted by Crippen LogP contribution is 2.42. The first-order chi connectivity index (χ1) is 11.7. The van der Waals surface area contributed by atoms with E-state index in [4.69, 9.17) is 5.11 Å². The van der Waals surface area contributed by atoms with E-state index in [9.17, 15) is 4.79 Å². The molecule has 1 atom stereocenters. The topological polar surface area (TPSA) is 37.3 Å². The van der Waals surface area contributed by atoms with Gasteiger partial charge in [0.05, 0.1) is 6.42 Å². The van der Waals surface area contributed by atoms with Crippen LogP contribution in [0, 0.1) is 0 Å². The van der Waals surface area contributed by atoms with E-state index in [0.717, 1.165) is 12.0 Å². The zero-order valence-electron chi connectivity index (χ0n) is 13.9. The number of benzene rings is 2. The summed E-state index contributed by atoms with van der Waals surface area (Å²) < 4.78 is 0. The standard InChI is InChI=1S/C21H24O2S/c22-20(23)15-18-10-8-17(9-11-18)5-4-12-21(13-14-24-16-21)19-6-2-1-3-7-19/h1-3,6-11H,4-5,12-16H2,(H,22,23). The van der Waals surface area contributed by atoms with E-state index in [-0.39, 0.29) is 6.42 Å². The largest absolute Gasteiger partial charge is 0.481 e. The molecule has 2 aromatic rings. The molecular formula is C21H24O2S. The van der Waals surface area contributed by atoms with Crippen LogP contribution >= 0.6 is 11.8 Å². The minimum Gasteiger partial charge on any atom is -0.481 e. The van der Waals surface area contributed by atoms with Gasteiger partial charge in [-0.2, -0.15) is 11.8 Å². The van der Waals surface area contributed by atoms with Crippen molar-refractivity contribution in [3.8, 4) is 0 Å². The van der Waals surface area contributed by atoms with Crippen LogP contribution in [0.1, 0.15) is 36.0 Å². The summed E-state index contributed by atoms with van der Waals surface area (Å²) in [7, 11) is 0. The maximum atomic E-state index is 10.7. The van der Waals surface area contributed by atoms with Crippen LogP contribution in [0.25, 0.3) is 0 Å². The lowest BCUT2D eigenvalue weighted by atomic mass is 9.76. The van der Waals surface area contributed by atoms with Gasteiger partial charge in [0.2, 0.25) is 0 Å². The monoisotopic (exact) mass is 340 g/mol. The van der Waals surface area contributed by atoms with Crippen LogP contribution in [0.2, 0.25) is 0 Å². The third kappa shape index (κ3) is 4.21. The molecule has 1 unspecified atom stereocenters. The highest BCUT2D eigenvalue weighted by atomic mass is 32.2. The summed E-state index contributed by atoms with van der Waals surface area (Å²) in [6, 6.07) is 19.0. The van der Waals surface area contributed by atoms with Crippen molar-refractivity contribution in [2.45, 2.75) is 37.5 Å². The fraction of sp³-hybridized carbons (Fsp3) is 0.381. The van der Waals surface area contributed by atoms with Gasteiger partial charge in [-0.15, -0.1) is 0 Å². The normalized spacial score (nSPS) is 20.2. The number of hydrogen-bond donors (Lipinski definition) is 1. The van der Waals surface area contributed by atoms with Crippen molar-refractivity contribution in [1.29, 1.82) is 0 Å². The molecule has 0 aromatic heterocycles. The van der Waals surface area contributed by atoms with Crippen LogP contribution in [0.5, 0.6) is 0 Å². The van der Waals surface area contributed by atoms with E-state index in [1.807, 2.05) is 12.1 Å². The number of aliphatic carboxylic acids is 1. The Hall–Kier alpha value is -1.74. The van der Waals surface area contributed by atoms with Gasteiger partial charge < -0.3 is 5.11 Å². The summed E-state index contributed by atoms with van der Waals surface area (Å²) in [4.78, 5) is 10.7. The van der Waals surface area contributed by atoms with Gasteiger partial charge in [-0.3, -0.25) is 4.79 Å². The summed E-state index contributed by atoms with van der Waals surface area (Å²) in [6.45, 7) is 0. The average Bonchev–Trinajstić information content (AvgIpc) is 3.07. The Morgan fingerprint density at radius 3 is 2.38 bits per heavy atom. The van der Waals surface area contributed by atoms with Crippen molar-refractivity contribution in [1.82, 2.24) is 0 Å². The number of carboxylic acids is 1. The smallest absolute Gasteiger partial charge is 0.307 e. The number of rotatable bonds is 7. The van der Waals surface area contributed by atoms with E-state index in [1.54, 1.807) is 0 Å². The van der Waals surface area contributed by atoms with E-state index in [2.05, 4.69) is 54.2 Å². The van der Waals surface area contributed by atoms with Crippen molar-refractivity contribution in [2.24, 2.45) is 0 Å². The van der Waals surface area contributed by atoms with Gasteiger partial charge in [0.25, 0.3) is 0 Å². The van der Waals surface area contributed by atoms with Crippen molar-refractivity contribution in [3.05, 3.63) is 71.3 Å². The molecule has 1 saturated heterocycles. The van der Waals surface area contributed by atoms with Gasteiger partial charge in [-0.25, -0.2) is 0 Å². The second-order valence-corrected chi connectivity index (χ2v) is 7.79. The molecule has 24 heavy (non-hydrogen) atoms. The second kappa shape index (κ2) is 7.89. The van der Waals surface area contributed by atoms with Crippen LogP contribution in [0.4, 0.5) is 0 Å². The third-order valence-corrected chi connectivity index (χ3v) is 6.24. The van der Waals surface area contributed by atoms with Gasteiger partial charge in [0.15, 0.2) is 0 Å². The number of carboxylic acid groups (broad SMARTS) is 1. The Labute approximate surface area is 148 Å². The molecule has 3 heteroatoms. The molecule has 1 fully saturated rings. The van der Waals surface area contributed by atoms with Gasteiger partial charge in [0, 0.05) is 11.2 Å². The number of thioether (sulfide) groups is 1. The Morgan fingerprint density at radius 1 is 1.04 bits per heavy atom. The van der Waals surface area contributed by atoms with Crippen molar-refractivity contribution in [3.63, 3.8) is 0 Å². The third-order valence-electron chi connectivity index (χ3n) is 4.99. The molecule has 2 nitrogen and oxygen atoms in total. The van der Waals surface area contributed by atoms with Crippen LogP contribution in [-0.2, 0) is 23.1 Å². The minimum atomic E-state index is -0.772. The predicted octanol–water partition coefficient (Wildman–Crippen LogP) is 4.71. The molecular weight excluding hydrogens is 316 g/mol. The summed E-state index contributed by atoms with van der Waals surface area (Å²) in [5, 5.41) is 8.83. The van der Waals surface area contributed by atoms with Crippen molar-refractivity contribution < 1.29 is 9.90 Å². The van der Waals surface area contributed by atoms with Crippen LogP contribution in [-0.4, -0.2) is 22.6 Å². The summed E-state index contributed by atoms with van der Waals surface area (Å²) in [6.07, 6.45) is 4.84. The summed E-state index contributed by atoms with van der Waals surface area (Å²) >= 11 is 2.07. The molecule has 1 heterocycles. The predicted molar refractivity (Wildman–Crippen MR) is 101 cm³/mol. The summed E-state index contributed by atoms with van der Waals surface area (Å²) in [5.74, 6) is 1.72. The van der Waals surface area contributed by atoms with E-state index in [0.29, 0.717) is 5.41 Å². The SMILES string of the molecule is O=C(O)Cc1ccc(CCCC2(c3ccccc3)CCSC2)cc1. The fourth-order valence-corrected chi connectivity index (χ4v) is 5.12. The molecule has 0 spiro atoms. The average molecular weight is 340 g/mol. The Morgan fingerprint density at radius 2 is 1.75 bits per heavy atom. The molecule has 1 aliphatic heterocycles. The summed E-state index contributed by atoms with van der Waals surface area (Å²) in [5.41, 5.74) is 4.01. The van der Waals surface area contributed by atoms with Crippen molar-refractivity contribution in [2.75, 3.05) is 11.5 Å². The number of hydrogen-bond acceptors (Lipinski definition) is 2. The lowest BCUT2D eigenvalue weighted by molar-refractivity contribution is -0.136. The van der Waals surface area contributed by atoms with Gasteiger partial charge in [-0.05, 0) is 48.1 Å². The Kier molecular flexibility index (Phi) is 5.62. The molecule has 0 saturated carbocycles. The second-order valence-electron chi connectivity index (χ2n) is 6.69. The molecule has 0 radical (unpaired) electrons. The molecule has 126 valence electrons. The molecule has 0 aliphatic carbocycles. The molecule has 0 amide bonds. The first-order valence-corrected chi connectivity index (χ1v) is 9.76. The van der Waals surface area contributed by atoms with Crippen LogP contribution in [0.3, 0.4) is 0 Å². The first-order valence-electron chi connectivity index (χ1n) is 8.61. The van der Waals surface area contributed by atoms with E-state index >= 15 is 0 Å². The minimum absolute atomic E-state index is 0.106. The van der Waals surface area contributed by atoms with Gasteiger partial charge in [-0.1, -0.05) is 54.6 Å². The molecule has 2 aromatic carbocycles. The number of aryl methyl sites for hydroxylation is 1. The van der Waals surface area contributed by atoms with E-state index in [1.165, 1.54) is 41.9 Å². The van der Waals surface area contributed by atoms with Gasteiger partial charge >= 0.3 is 5.97 Å².